The fourth-order valence-corrected chi connectivity index (χ4v) is 3.48. The predicted molar refractivity (Wildman–Crippen MR) is 123 cm³/mol. The van der Waals surface area contributed by atoms with Crippen molar-refractivity contribution in [3.63, 3.8) is 0 Å². The summed E-state index contributed by atoms with van der Waals surface area (Å²) in [6, 6.07) is 24.5. The minimum Gasteiger partial charge on any atom is -0.489 e. The lowest BCUT2D eigenvalue weighted by molar-refractivity contribution is 0.210. The molecule has 0 saturated carbocycles. The lowest BCUT2D eigenvalue weighted by atomic mass is 10.1. The summed E-state index contributed by atoms with van der Waals surface area (Å²) in [4.78, 5) is 22.9. The van der Waals surface area contributed by atoms with Crippen LogP contribution >= 0.6 is 7.60 Å². The highest BCUT2D eigenvalue weighted by Gasteiger charge is 2.12. The molecule has 0 heterocycles. The summed E-state index contributed by atoms with van der Waals surface area (Å²) in [7, 11) is -2.48. The van der Waals surface area contributed by atoms with E-state index in [9.17, 15) is 4.57 Å². The van der Waals surface area contributed by atoms with Crippen molar-refractivity contribution in [3.8, 4) is 11.5 Å². The topological polar surface area (TPSA) is 97.6 Å². The molecule has 0 aliphatic rings. The van der Waals surface area contributed by atoms with Crippen LogP contribution in [-0.4, -0.2) is 35.4 Å². The molecular formula is C24H26NO6P. The number of aryl methyl sites for hydroxylation is 1. The van der Waals surface area contributed by atoms with Crippen molar-refractivity contribution in [3.05, 3.63) is 95.6 Å². The summed E-state index contributed by atoms with van der Waals surface area (Å²) in [5.74, 6) is 1.40. The van der Waals surface area contributed by atoms with Crippen LogP contribution in [0.4, 0.5) is 0 Å². The molecule has 8 heteroatoms. The molecule has 2 N–H and O–H groups in total. The van der Waals surface area contributed by atoms with Crippen LogP contribution in [0.5, 0.6) is 11.5 Å². The van der Waals surface area contributed by atoms with Gasteiger partial charge in [-0.1, -0.05) is 59.8 Å². The molecular weight excluding hydrogens is 429 g/mol. The zero-order valence-electron chi connectivity index (χ0n) is 17.8. The minimum atomic E-state index is -3.98. The SMILES string of the molecule is CO/N=C(\COc1ccc(COc2ccc(CCP(=O)(O)O)cc2)cc1)c1ccccc1. The van der Waals surface area contributed by atoms with E-state index < -0.39 is 7.60 Å². The zero-order chi connectivity index (χ0) is 22.8. The molecule has 0 aliphatic carbocycles. The Labute approximate surface area is 187 Å². The van der Waals surface area contributed by atoms with E-state index in [1.54, 1.807) is 12.1 Å². The third kappa shape index (κ3) is 7.85. The molecule has 0 spiro atoms. The molecule has 0 fully saturated rings. The molecule has 3 aromatic carbocycles. The number of hydrogen-bond donors (Lipinski definition) is 2. The molecule has 3 rings (SSSR count). The van der Waals surface area contributed by atoms with Crippen molar-refractivity contribution in [1.29, 1.82) is 0 Å². The first-order valence-corrected chi connectivity index (χ1v) is 11.9. The highest BCUT2D eigenvalue weighted by Crippen LogP contribution is 2.35. The largest absolute Gasteiger partial charge is 0.489 e. The third-order valence-electron chi connectivity index (χ3n) is 4.63. The quantitative estimate of drug-likeness (QED) is 0.252. The second-order valence-corrected chi connectivity index (χ2v) is 8.87. The van der Waals surface area contributed by atoms with Gasteiger partial charge < -0.3 is 24.1 Å². The molecule has 0 unspecified atom stereocenters. The molecule has 0 saturated heterocycles. The summed E-state index contributed by atoms with van der Waals surface area (Å²) in [6.45, 7) is 0.671. The fraction of sp³-hybridized carbons (Fsp3) is 0.208. The molecule has 0 bridgehead atoms. The molecule has 3 aromatic rings. The first-order chi connectivity index (χ1) is 15.4. The Morgan fingerprint density at radius 1 is 0.844 bits per heavy atom. The molecule has 0 radical (unpaired) electrons. The zero-order valence-corrected chi connectivity index (χ0v) is 18.7. The van der Waals surface area contributed by atoms with Gasteiger partial charge in [0.2, 0.25) is 0 Å². The Bertz CT molecular complexity index is 1050. The van der Waals surface area contributed by atoms with E-state index in [1.165, 1.54) is 7.11 Å². The highest BCUT2D eigenvalue weighted by molar-refractivity contribution is 7.51. The van der Waals surface area contributed by atoms with Crippen LogP contribution in [0.1, 0.15) is 16.7 Å². The van der Waals surface area contributed by atoms with Crippen molar-refractivity contribution in [2.45, 2.75) is 13.0 Å². The maximum Gasteiger partial charge on any atom is 0.325 e. The van der Waals surface area contributed by atoms with Crippen LogP contribution in [0.3, 0.4) is 0 Å². The number of nitrogens with zero attached hydrogens (tertiary/aromatic N) is 1. The van der Waals surface area contributed by atoms with Gasteiger partial charge in [-0.2, -0.15) is 0 Å². The second kappa shape index (κ2) is 11.5. The van der Waals surface area contributed by atoms with Gasteiger partial charge in [-0.15, -0.1) is 0 Å². The van der Waals surface area contributed by atoms with Gasteiger partial charge in [0.15, 0.2) is 0 Å². The van der Waals surface area contributed by atoms with Gasteiger partial charge in [0.1, 0.15) is 37.5 Å². The Hall–Kier alpha value is -3.12. The first kappa shape index (κ1) is 23.5. The highest BCUT2D eigenvalue weighted by atomic mass is 31.2. The average Bonchev–Trinajstić information content (AvgIpc) is 2.80. The van der Waals surface area contributed by atoms with Gasteiger partial charge >= 0.3 is 7.60 Å². The Balaban J connectivity index is 1.49. The van der Waals surface area contributed by atoms with E-state index in [2.05, 4.69) is 5.16 Å². The molecule has 0 atom stereocenters. The summed E-state index contributed by atoms with van der Waals surface area (Å²) in [5, 5.41) is 4.05. The fourth-order valence-electron chi connectivity index (χ4n) is 2.93. The molecule has 7 nitrogen and oxygen atoms in total. The van der Waals surface area contributed by atoms with Gasteiger partial charge in [-0.3, -0.25) is 4.57 Å². The van der Waals surface area contributed by atoms with Crippen LogP contribution in [0.25, 0.3) is 0 Å². The number of rotatable bonds is 11. The number of hydrogen-bond acceptors (Lipinski definition) is 5. The summed E-state index contributed by atoms with van der Waals surface area (Å²) in [5.41, 5.74) is 3.47. The van der Waals surface area contributed by atoms with Crippen molar-refractivity contribution in [2.75, 3.05) is 19.9 Å². The van der Waals surface area contributed by atoms with E-state index in [0.29, 0.717) is 30.2 Å². The van der Waals surface area contributed by atoms with Gasteiger partial charge in [-0.05, 0) is 41.8 Å². The van der Waals surface area contributed by atoms with E-state index in [4.69, 9.17) is 24.1 Å². The van der Waals surface area contributed by atoms with E-state index in [-0.39, 0.29) is 12.8 Å². The molecule has 168 valence electrons. The minimum absolute atomic E-state index is 0.161. The van der Waals surface area contributed by atoms with Crippen molar-refractivity contribution in [2.24, 2.45) is 5.16 Å². The smallest absolute Gasteiger partial charge is 0.325 e. The van der Waals surface area contributed by atoms with Crippen molar-refractivity contribution < 1.29 is 28.7 Å². The van der Waals surface area contributed by atoms with Gasteiger partial charge in [0.25, 0.3) is 0 Å². The summed E-state index contributed by atoms with van der Waals surface area (Å²) >= 11 is 0. The maximum atomic E-state index is 11.0. The van der Waals surface area contributed by atoms with Gasteiger partial charge in [0.05, 0.1) is 6.16 Å². The molecule has 0 amide bonds. The van der Waals surface area contributed by atoms with E-state index in [0.717, 1.165) is 16.7 Å². The van der Waals surface area contributed by atoms with Crippen LogP contribution in [0.15, 0.2) is 84.0 Å². The second-order valence-electron chi connectivity index (χ2n) is 7.09. The summed E-state index contributed by atoms with van der Waals surface area (Å²) < 4.78 is 22.6. The van der Waals surface area contributed by atoms with Crippen LogP contribution in [0.2, 0.25) is 0 Å². The standard InChI is InChI=1S/C24H26NO6P/c1-29-25-24(21-5-3-2-4-6-21)18-31-23-13-9-20(10-14-23)17-30-22-11-7-19(8-12-22)15-16-32(26,27)28/h2-14H,15-18H2,1H3,(H2,26,27,28)/b25-24+. The Morgan fingerprint density at radius 3 is 2.03 bits per heavy atom. The molecule has 0 aliphatic heterocycles. The van der Waals surface area contributed by atoms with Gasteiger partial charge in [-0.25, -0.2) is 0 Å². The van der Waals surface area contributed by atoms with Crippen molar-refractivity contribution in [1.82, 2.24) is 0 Å². The lowest BCUT2D eigenvalue weighted by Gasteiger charge is -2.10. The van der Waals surface area contributed by atoms with E-state index in [1.807, 2.05) is 66.7 Å². The van der Waals surface area contributed by atoms with E-state index >= 15 is 0 Å². The number of benzene rings is 3. The lowest BCUT2D eigenvalue weighted by Crippen LogP contribution is -2.13. The Morgan fingerprint density at radius 2 is 1.44 bits per heavy atom. The van der Waals surface area contributed by atoms with Gasteiger partial charge in [0, 0.05) is 5.56 Å². The summed E-state index contributed by atoms with van der Waals surface area (Å²) in [6.07, 6.45) is 0.166. The third-order valence-corrected chi connectivity index (χ3v) is 5.43. The van der Waals surface area contributed by atoms with Crippen LogP contribution in [0, 0.1) is 0 Å². The van der Waals surface area contributed by atoms with Crippen LogP contribution < -0.4 is 9.47 Å². The monoisotopic (exact) mass is 455 g/mol. The predicted octanol–water partition coefficient (Wildman–Crippen LogP) is 4.42. The Kier molecular flexibility index (Phi) is 8.45. The van der Waals surface area contributed by atoms with Crippen molar-refractivity contribution >= 4 is 13.3 Å². The molecule has 0 aromatic heterocycles. The number of oxime groups is 1. The molecule has 32 heavy (non-hydrogen) atoms. The normalized spacial score (nSPS) is 11.8. The average molecular weight is 455 g/mol. The number of ether oxygens (including phenoxy) is 2. The maximum absolute atomic E-state index is 11.0. The van der Waals surface area contributed by atoms with Crippen LogP contribution in [-0.2, 0) is 22.4 Å². The first-order valence-electron chi connectivity index (χ1n) is 10.1.